The van der Waals surface area contributed by atoms with Gasteiger partial charge in [-0.25, -0.2) is 0 Å². The average molecular weight is 212 g/mol. The molecule has 0 radical (unpaired) electrons. The van der Waals surface area contributed by atoms with E-state index >= 15 is 0 Å². The van der Waals surface area contributed by atoms with Gasteiger partial charge >= 0.3 is 0 Å². The first-order valence-corrected chi connectivity index (χ1v) is 4.88. The summed E-state index contributed by atoms with van der Waals surface area (Å²) in [5.74, 6) is -0.271. The van der Waals surface area contributed by atoms with Gasteiger partial charge in [0.15, 0.2) is 0 Å². The van der Waals surface area contributed by atoms with Crippen molar-refractivity contribution in [2.24, 2.45) is 0 Å². The fourth-order valence-electron chi connectivity index (χ4n) is 0.875. The van der Waals surface area contributed by atoms with Gasteiger partial charge in [-0.1, -0.05) is 13.3 Å². The molecule has 0 aliphatic carbocycles. The molecule has 0 aliphatic heterocycles. The van der Waals surface area contributed by atoms with Crippen LogP contribution in [0.1, 0.15) is 26.2 Å². The summed E-state index contributed by atoms with van der Waals surface area (Å²) in [4.78, 5) is 22.6. The largest absolute Gasteiger partial charge is 0.368 e. The Morgan fingerprint density at radius 3 is 2.33 bits per heavy atom. The van der Waals surface area contributed by atoms with E-state index in [4.69, 9.17) is 0 Å². The van der Waals surface area contributed by atoms with Crippen LogP contribution in [-0.2, 0) is 4.79 Å². The zero-order valence-corrected chi connectivity index (χ0v) is 8.81. The van der Waals surface area contributed by atoms with E-state index in [0.717, 1.165) is 12.8 Å². The van der Waals surface area contributed by atoms with Crippen molar-refractivity contribution in [3.63, 3.8) is 0 Å². The number of ketones is 1. The highest BCUT2D eigenvalue weighted by Crippen LogP contribution is 1.94. The summed E-state index contributed by atoms with van der Waals surface area (Å²) in [7, 11) is 0. The lowest BCUT2D eigenvalue weighted by atomic mass is 10.2. The highest BCUT2D eigenvalue weighted by Gasteiger charge is 2.07. The Hall–Kier alpha value is -1.65. The zero-order chi connectivity index (χ0) is 11.5. The number of rotatable bonds is 5. The van der Waals surface area contributed by atoms with Gasteiger partial charge in [0.05, 0.1) is 0 Å². The molecule has 5 nitrogen and oxygen atoms in total. The van der Waals surface area contributed by atoms with E-state index in [1.165, 1.54) is 0 Å². The number of hydrogen-bond donors (Lipinski definition) is 1. The molecule has 0 fully saturated rings. The van der Waals surface area contributed by atoms with Crippen LogP contribution in [0.25, 0.3) is 0 Å². The summed E-state index contributed by atoms with van der Waals surface area (Å²) in [5, 5.41) is 9.76. The third kappa shape index (κ3) is 10.3. The number of nitrogens with one attached hydrogen (secondary N) is 1. The Balaban J connectivity index is 0.000000322. The van der Waals surface area contributed by atoms with Gasteiger partial charge in [0.2, 0.25) is 5.78 Å². The molecule has 1 aromatic rings. The lowest BCUT2D eigenvalue weighted by molar-refractivity contribution is -0.467. The molecule has 0 amide bonds. The number of carbonyl (C=O) groups excluding carboxylic acids is 1. The van der Waals surface area contributed by atoms with Crippen molar-refractivity contribution in [2.75, 3.05) is 6.54 Å². The third-order valence-corrected chi connectivity index (χ3v) is 1.61. The predicted octanol–water partition coefficient (Wildman–Crippen LogP) is 2.04. The molecule has 84 valence electrons. The fourth-order valence-corrected chi connectivity index (χ4v) is 0.875. The Morgan fingerprint density at radius 1 is 1.40 bits per heavy atom. The number of H-pyrrole nitrogens is 1. The first-order chi connectivity index (χ1) is 7.16. The first kappa shape index (κ1) is 13.4. The van der Waals surface area contributed by atoms with Crippen molar-refractivity contribution in [3.05, 3.63) is 34.6 Å². The van der Waals surface area contributed by atoms with Gasteiger partial charge in [-0.05, 0) is 18.6 Å². The Morgan fingerprint density at radius 2 is 2.00 bits per heavy atom. The van der Waals surface area contributed by atoms with Gasteiger partial charge in [0, 0.05) is 23.7 Å². The lowest BCUT2D eigenvalue weighted by Gasteiger charge is -1.91. The molecular formula is C10H16N2O3. The molecular weight excluding hydrogens is 196 g/mol. The van der Waals surface area contributed by atoms with Gasteiger partial charge in [-0.15, -0.1) is 0 Å². The molecule has 0 saturated carbocycles. The average Bonchev–Trinajstić information content (AvgIpc) is 2.71. The molecule has 15 heavy (non-hydrogen) atoms. The van der Waals surface area contributed by atoms with E-state index in [2.05, 4.69) is 4.98 Å². The highest BCUT2D eigenvalue weighted by molar-refractivity contribution is 5.79. The zero-order valence-electron chi connectivity index (χ0n) is 8.81. The summed E-state index contributed by atoms with van der Waals surface area (Å²) in [6, 6.07) is 3.89. The molecule has 0 atom stereocenters. The van der Waals surface area contributed by atoms with Crippen LogP contribution in [0.2, 0.25) is 0 Å². The van der Waals surface area contributed by atoms with Crippen LogP contribution in [0.4, 0.5) is 0 Å². The second-order valence-corrected chi connectivity index (χ2v) is 3.02. The number of aromatic amines is 1. The van der Waals surface area contributed by atoms with Gasteiger partial charge in [0.25, 0.3) is 6.54 Å². The number of carbonyl (C=O) groups is 1. The van der Waals surface area contributed by atoms with E-state index in [-0.39, 0.29) is 5.78 Å². The van der Waals surface area contributed by atoms with E-state index in [1.807, 2.05) is 31.5 Å². The Kier molecular flexibility index (Phi) is 7.94. The molecule has 1 N–H and O–H groups in total. The minimum absolute atomic E-state index is 0.271. The van der Waals surface area contributed by atoms with Crippen molar-refractivity contribution in [3.8, 4) is 0 Å². The van der Waals surface area contributed by atoms with Crippen LogP contribution in [0.15, 0.2) is 24.5 Å². The van der Waals surface area contributed by atoms with Crippen LogP contribution in [0, 0.1) is 10.1 Å². The minimum Gasteiger partial charge on any atom is -0.368 e. The van der Waals surface area contributed by atoms with Crippen molar-refractivity contribution in [1.29, 1.82) is 0 Å². The molecule has 0 bridgehead atoms. The third-order valence-electron chi connectivity index (χ3n) is 1.61. The normalized spacial score (nSPS) is 8.87. The second kappa shape index (κ2) is 8.93. The fraction of sp³-hybridized carbons (Fsp3) is 0.500. The van der Waals surface area contributed by atoms with Crippen LogP contribution in [0.3, 0.4) is 0 Å². The summed E-state index contributed by atoms with van der Waals surface area (Å²) in [6.07, 6.45) is 5.76. The number of Topliss-reactive ketones (excluding diaryl/α,β-unsaturated/α-hetero) is 1. The molecule has 1 aromatic heterocycles. The maximum atomic E-state index is 10.6. The molecule has 0 unspecified atom stereocenters. The second-order valence-electron chi connectivity index (χ2n) is 3.02. The Labute approximate surface area is 88.7 Å². The maximum absolute atomic E-state index is 10.6. The van der Waals surface area contributed by atoms with Crippen molar-refractivity contribution in [2.45, 2.75) is 26.2 Å². The number of nitro groups is 1. The van der Waals surface area contributed by atoms with Crippen LogP contribution in [0.5, 0.6) is 0 Å². The number of nitrogens with zero attached hydrogens (tertiary/aromatic N) is 1. The summed E-state index contributed by atoms with van der Waals surface area (Å²) in [6.45, 7) is 1.43. The maximum Gasteiger partial charge on any atom is 0.261 e. The molecule has 0 saturated heterocycles. The van der Waals surface area contributed by atoms with E-state index in [9.17, 15) is 14.9 Å². The summed E-state index contributed by atoms with van der Waals surface area (Å²) < 4.78 is 0. The molecule has 0 spiro atoms. The van der Waals surface area contributed by atoms with Gasteiger partial charge < -0.3 is 4.98 Å². The van der Waals surface area contributed by atoms with Gasteiger partial charge in [0.1, 0.15) is 0 Å². The number of hydrogen-bond acceptors (Lipinski definition) is 3. The van der Waals surface area contributed by atoms with Crippen LogP contribution in [-0.4, -0.2) is 22.2 Å². The van der Waals surface area contributed by atoms with Crippen molar-refractivity contribution < 1.29 is 9.72 Å². The van der Waals surface area contributed by atoms with Crippen LogP contribution < -0.4 is 0 Å². The molecule has 0 aliphatic rings. The molecule has 5 heteroatoms. The summed E-state index contributed by atoms with van der Waals surface area (Å²) >= 11 is 0. The van der Waals surface area contributed by atoms with E-state index < -0.39 is 11.5 Å². The molecule has 1 heterocycles. The minimum atomic E-state index is -0.585. The lowest BCUT2D eigenvalue weighted by Crippen LogP contribution is -2.12. The van der Waals surface area contributed by atoms with Crippen molar-refractivity contribution in [1.82, 2.24) is 4.98 Å². The van der Waals surface area contributed by atoms with E-state index in [0.29, 0.717) is 6.42 Å². The standard InChI is InChI=1S/C6H11NO3.C4H5N/c1-2-3-4-6(8)5-7(9)10;1-2-4-5-3-1/h2-5H2,1H3;1-5H. The first-order valence-electron chi connectivity index (χ1n) is 4.88. The molecule has 1 rings (SSSR count). The highest BCUT2D eigenvalue weighted by atomic mass is 16.6. The smallest absolute Gasteiger partial charge is 0.261 e. The van der Waals surface area contributed by atoms with Gasteiger partial charge in [-0.3, -0.25) is 14.9 Å². The Bertz CT molecular complexity index is 253. The SMILES string of the molecule is CCCCC(=O)C[N+](=O)[O-].c1cc[nH]c1. The van der Waals surface area contributed by atoms with E-state index in [1.54, 1.807) is 0 Å². The summed E-state index contributed by atoms with van der Waals surface area (Å²) in [5.41, 5.74) is 0. The van der Waals surface area contributed by atoms with Crippen LogP contribution >= 0.6 is 0 Å². The predicted molar refractivity (Wildman–Crippen MR) is 57.2 cm³/mol. The molecule has 0 aromatic carbocycles. The quantitative estimate of drug-likeness (QED) is 0.599. The topological polar surface area (TPSA) is 76.0 Å². The number of unbranched alkanes of at least 4 members (excludes halogenated alkanes) is 1. The monoisotopic (exact) mass is 212 g/mol. The number of aromatic nitrogens is 1. The van der Waals surface area contributed by atoms with Crippen molar-refractivity contribution >= 4 is 5.78 Å². The van der Waals surface area contributed by atoms with Gasteiger partial charge in [-0.2, -0.15) is 0 Å².